The summed E-state index contributed by atoms with van der Waals surface area (Å²) in [6, 6.07) is 7.75. The summed E-state index contributed by atoms with van der Waals surface area (Å²) in [5.74, 6) is 0.717. The number of ether oxygens (including phenoxy) is 1. The molecule has 2 aliphatic rings. The number of benzene rings is 1. The fourth-order valence-electron chi connectivity index (χ4n) is 4.10. The highest BCUT2D eigenvalue weighted by Gasteiger charge is 2.37. The molecular formula is C24H29FN2O3S. The summed E-state index contributed by atoms with van der Waals surface area (Å²) in [6.45, 7) is 5.74. The molecule has 0 N–H and O–H groups in total. The van der Waals surface area contributed by atoms with Crippen molar-refractivity contribution < 1.29 is 18.7 Å². The summed E-state index contributed by atoms with van der Waals surface area (Å²) in [5.41, 5.74) is 1.11. The van der Waals surface area contributed by atoms with Crippen LogP contribution in [0.4, 0.5) is 4.39 Å². The van der Waals surface area contributed by atoms with E-state index in [2.05, 4.69) is 19.9 Å². The summed E-state index contributed by atoms with van der Waals surface area (Å²) in [7, 11) is 0. The molecule has 0 radical (unpaired) electrons. The van der Waals surface area contributed by atoms with Gasteiger partial charge in [-0.1, -0.05) is 13.8 Å². The predicted molar refractivity (Wildman–Crippen MR) is 119 cm³/mol. The monoisotopic (exact) mass is 444 g/mol. The molecule has 1 fully saturated rings. The Hall–Kier alpha value is -2.41. The van der Waals surface area contributed by atoms with Gasteiger partial charge in [-0.3, -0.25) is 9.59 Å². The van der Waals surface area contributed by atoms with Gasteiger partial charge in [0, 0.05) is 23.9 Å². The Bertz CT molecular complexity index is 923. The lowest BCUT2D eigenvalue weighted by Crippen LogP contribution is -2.48. The molecule has 1 saturated carbocycles. The minimum absolute atomic E-state index is 0.0424. The molecule has 0 saturated heterocycles. The first-order valence-electron chi connectivity index (χ1n) is 10.9. The van der Waals surface area contributed by atoms with Crippen LogP contribution in [0.2, 0.25) is 0 Å². The van der Waals surface area contributed by atoms with Crippen molar-refractivity contribution >= 4 is 23.2 Å². The van der Waals surface area contributed by atoms with E-state index in [-0.39, 0.29) is 36.1 Å². The van der Waals surface area contributed by atoms with E-state index >= 15 is 0 Å². The predicted octanol–water partition coefficient (Wildman–Crippen LogP) is 4.29. The van der Waals surface area contributed by atoms with Crippen LogP contribution in [0.25, 0.3) is 0 Å². The summed E-state index contributed by atoms with van der Waals surface area (Å²) in [6.07, 6.45) is 2.67. The lowest BCUT2D eigenvalue weighted by atomic mass is 10.00. The van der Waals surface area contributed by atoms with Gasteiger partial charge in [0.25, 0.3) is 0 Å². The highest BCUT2D eigenvalue weighted by molar-refractivity contribution is 7.10. The Morgan fingerprint density at radius 3 is 2.65 bits per heavy atom. The van der Waals surface area contributed by atoms with Crippen LogP contribution in [0.1, 0.15) is 43.2 Å². The second-order valence-electron chi connectivity index (χ2n) is 8.80. The fraction of sp³-hybridized carbons (Fsp3) is 0.500. The van der Waals surface area contributed by atoms with E-state index in [0.717, 1.165) is 24.8 Å². The van der Waals surface area contributed by atoms with Gasteiger partial charge in [-0.15, -0.1) is 11.3 Å². The number of hydrogen-bond donors (Lipinski definition) is 0. The van der Waals surface area contributed by atoms with Gasteiger partial charge in [0.2, 0.25) is 11.8 Å². The molecule has 0 spiro atoms. The van der Waals surface area contributed by atoms with Crippen molar-refractivity contribution in [1.29, 1.82) is 0 Å². The number of amides is 2. The molecule has 4 rings (SSSR count). The van der Waals surface area contributed by atoms with Gasteiger partial charge in [-0.25, -0.2) is 4.39 Å². The quantitative estimate of drug-likeness (QED) is 0.610. The Morgan fingerprint density at radius 1 is 1.23 bits per heavy atom. The summed E-state index contributed by atoms with van der Waals surface area (Å²) in [4.78, 5) is 31.0. The minimum atomic E-state index is -0.312. The molecule has 1 aliphatic carbocycles. The van der Waals surface area contributed by atoms with Gasteiger partial charge in [-0.05, 0) is 66.5 Å². The second kappa shape index (κ2) is 9.39. The molecule has 1 aliphatic heterocycles. The number of carbonyl (C=O) groups excluding carboxylic acids is 2. The van der Waals surface area contributed by atoms with Gasteiger partial charge in [0.1, 0.15) is 18.2 Å². The number of hydrogen-bond acceptors (Lipinski definition) is 4. The SMILES string of the molecule is CC(C)CN(CC(=O)N1CCc2sccc2[C@H]1COc1ccc(F)cc1)C(=O)C1CC1. The maximum Gasteiger partial charge on any atom is 0.242 e. The van der Waals surface area contributed by atoms with Crippen LogP contribution in [-0.4, -0.2) is 47.9 Å². The molecule has 2 aromatic rings. The smallest absolute Gasteiger partial charge is 0.242 e. The molecule has 0 unspecified atom stereocenters. The zero-order valence-corrected chi connectivity index (χ0v) is 18.9. The zero-order valence-electron chi connectivity index (χ0n) is 18.1. The average Bonchev–Trinajstić information content (AvgIpc) is 3.48. The number of halogens is 1. The Morgan fingerprint density at radius 2 is 1.97 bits per heavy atom. The van der Waals surface area contributed by atoms with Crippen molar-refractivity contribution in [2.75, 3.05) is 26.2 Å². The maximum atomic E-state index is 13.4. The third-order valence-electron chi connectivity index (χ3n) is 5.79. The van der Waals surface area contributed by atoms with Crippen molar-refractivity contribution in [3.63, 3.8) is 0 Å². The highest BCUT2D eigenvalue weighted by atomic mass is 32.1. The van der Waals surface area contributed by atoms with E-state index in [1.54, 1.807) is 28.4 Å². The van der Waals surface area contributed by atoms with Crippen LogP contribution >= 0.6 is 11.3 Å². The number of thiophene rings is 1. The maximum absolute atomic E-state index is 13.4. The van der Waals surface area contributed by atoms with Gasteiger partial charge < -0.3 is 14.5 Å². The first-order valence-corrected chi connectivity index (χ1v) is 11.8. The Kier molecular flexibility index (Phi) is 6.60. The molecule has 1 aromatic heterocycles. The number of carbonyl (C=O) groups is 2. The summed E-state index contributed by atoms with van der Waals surface area (Å²) in [5, 5.41) is 2.05. The van der Waals surface area contributed by atoms with E-state index in [1.165, 1.54) is 17.0 Å². The van der Waals surface area contributed by atoms with E-state index in [1.807, 2.05) is 10.3 Å². The minimum Gasteiger partial charge on any atom is -0.491 e. The second-order valence-corrected chi connectivity index (χ2v) is 9.80. The van der Waals surface area contributed by atoms with Crippen molar-refractivity contribution in [2.45, 2.75) is 39.2 Å². The van der Waals surface area contributed by atoms with Crippen LogP contribution in [0.15, 0.2) is 35.7 Å². The lowest BCUT2D eigenvalue weighted by molar-refractivity contribution is -0.143. The first kappa shape index (κ1) is 21.8. The zero-order chi connectivity index (χ0) is 22.0. The normalized spacial score (nSPS) is 18.1. The average molecular weight is 445 g/mol. The number of nitrogens with zero attached hydrogens (tertiary/aromatic N) is 2. The summed E-state index contributed by atoms with van der Waals surface area (Å²) >= 11 is 1.70. The van der Waals surface area contributed by atoms with Crippen molar-refractivity contribution in [3.05, 3.63) is 52.0 Å². The van der Waals surface area contributed by atoms with Crippen molar-refractivity contribution in [2.24, 2.45) is 11.8 Å². The van der Waals surface area contributed by atoms with Crippen LogP contribution in [0.3, 0.4) is 0 Å². The molecule has 2 heterocycles. The Balaban J connectivity index is 1.49. The van der Waals surface area contributed by atoms with Crippen LogP contribution in [-0.2, 0) is 16.0 Å². The van der Waals surface area contributed by atoms with Crippen LogP contribution in [0.5, 0.6) is 5.75 Å². The molecule has 5 nitrogen and oxygen atoms in total. The van der Waals surface area contributed by atoms with E-state index < -0.39 is 0 Å². The molecule has 31 heavy (non-hydrogen) atoms. The third-order valence-corrected chi connectivity index (χ3v) is 6.78. The van der Waals surface area contributed by atoms with Crippen molar-refractivity contribution in [3.8, 4) is 5.75 Å². The molecule has 2 amide bonds. The molecule has 7 heteroatoms. The van der Waals surface area contributed by atoms with Gasteiger partial charge in [0.05, 0.1) is 12.6 Å². The van der Waals surface area contributed by atoms with Crippen LogP contribution in [0, 0.1) is 17.7 Å². The van der Waals surface area contributed by atoms with E-state index in [9.17, 15) is 14.0 Å². The molecule has 1 aromatic carbocycles. The number of fused-ring (bicyclic) bond motifs is 1. The Labute approximate surface area is 186 Å². The topological polar surface area (TPSA) is 49.9 Å². The summed E-state index contributed by atoms with van der Waals surface area (Å²) < 4.78 is 19.1. The molecule has 0 bridgehead atoms. The molecule has 1 atom stereocenters. The highest BCUT2D eigenvalue weighted by Crippen LogP contribution is 2.35. The lowest BCUT2D eigenvalue weighted by Gasteiger charge is -2.37. The van der Waals surface area contributed by atoms with Gasteiger partial charge in [-0.2, -0.15) is 0 Å². The van der Waals surface area contributed by atoms with Crippen molar-refractivity contribution in [1.82, 2.24) is 9.80 Å². The standard InChI is InChI=1S/C24H29FN2O3S/c1-16(2)13-26(24(29)17-3-4-17)14-23(28)27-11-9-22-20(10-12-31-22)21(27)15-30-19-7-5-18(25)6-8-19/h5-8,10,12,16-17,21H,3-4,9,11,13-15H2,1-2H3/t21-/m1/s1. The fourth-order valence-corrected chi connectivity index (χ4v) is 5.02. The third kappa shape index (κ3) is 5.26. The molecular weight excluding hydrogens is 415 g/mol. The van der Waals surface area contributed by atoms with Gasteiger partial charge in [0.15, 0.2) is 0 Å². The largest absolute Gasteiger partial charge is 0.491 e. The number of rotatable bonds is 8. The van der Waals surface area contributed by atoms with E-state index in [0.29, 0.717) is 31.4 Å². The van der Waals surface area contributed by atoms with Gasteiger partial charge >= 0.3 is 0 Å². The van der Waals surface area contributed by atoms with E-state index in [4.69, 9.17) is 4.74 Å². The molecule has 166 valence electrons. The van der Waals surface area contributed by atoms with Crippen LogP contribution < -0.4 is 4.74 Å². The first-order chi connectivity index (χ1) is 14.9.